The summed E-state index contributed by atoms with van der Waals surface area (Å²) in [7, 11) is 0. The number of hydrogen-bond donors (Lipinski definition) is 0. The van der Waals surface area contributed by atoms with Gasteiger partial charge in [0, 0.05) is 48.2 Å². The van der Waals surface area contributed by atoms with Crippen molar-refractivity contribution in [2.45, 2.75) is 13.8 Å². The van der Waals surface area contributed by atoms with Crippen LogP contribution in [0.15, 0.2) is 120 Å². The van der Waals surface area contributed by atoms with Gasteiger partial charge in [0.1, 0.15) is 5.75 Å². The van der Waals surface area contributed by atoms with E-state index in [0.717, 1.165) is 57.6 Å². The molecule has 1 heterocycles. The summed E-state index contributed by atoms with van der Waals surface area (Å²) in [6, 6.07) is 37.2. The fraction of sp³-hybridized carbons (Fsp3) is 0.125. The van der Waals surface area contributed by atoms with Crippen LogP contribution in [0, 0.1) is 0 Å². The van der Waals surface area contributed by atoms with Crippen molar-refractivity contribution in [3.63, 3.8) is 0 Å². The molecule has 0 saturated heterocycles. The molecule has 5 heteroatoms. The third kappa shape index (κ3) is 5.56. The van der Waals surface area contributed by atoms with Gasteiger partial charge in [0.05, 0.1) is 11.2 Å². The van der Waals surface area contributed by atoms with Crippen molar-refractivity contribution in [2.24, 2.45) is 4.99 Å². The average Bonchev–Trinajstić information content (AvgIpc) is 2.97. The first kappa shape index (κ1) is 24.3. The van der Waals surface area contributed by atoms with Crippen molar-refractivity contribution >= 4 is 46.3 Å². The fourth-order valence-corrected chi connectivity index (χ4v) is 4.56. The Bertz CT molecular complexity index is 1440. The molecule has 0 unspecified atom stereocenters. The fourth-order valence-electron chi connectivity index (χ4n) is 4.56. The Labute approximate surface area is 219 Å². The van der Waals surface area contributed by atoms with Gasteiger partial charge in [-0.15, -0.1) is 0 Å². The van der Waals surface area contributed by atoms with Gasteiger partial charge in [-0.05, 0) is 49.0 Å². The lowest BCUT2D eigenvalue weighted by Gasteiger charge is -2.24. The third-order valence-corrected chi connectivity index (χ3v) is 6.53. The predicted molar refractivity (Wildman–Crippen MR) is 158 cm³/mol. The lowest BCUT2D eigenvalue weighted by atomic mass is 9.55. The third-order valence-electron chi connectivity index (χ3n) is 6.53. The van der Waals surface area contributed by atoms with E-state index in [-0.39, 0.29) is 6.92 Å². The molecule has 5 aromatic rings. The van der Waals surface area contributed by atoms with E-state index < -0.39 is 0 Å². The number of para-hydroxylation sites is 1. The van der Waals surface area contributed by atoms with Crippen LogP contribution in [0.4, 0.5) is 11.4 Å². The Morgan fingerprint density at radius 3 is 2.14 bits per heavy atom. The number of anilines is 1. The molecule has 4 aromatic carbocycles. The molecule has 0 aliphatic rings. The molecule has 182 valence electrons. The monoisotopic (exact) mass is 483 g/mol. The minimum atomic E-state index is -0.249. The van der Waals surface area contributed by atoms with E-state index in [4.69, 9.17) is 9.65 Å². The number of benzene rings is 4. The molecule has 0 radical (unpaired) electrons. The molecular formula is C32H30BN3O. The van der Waals surface area contributed by atoms with E-state index in [1.165, 1.54) is 0 Å². The van der Waals surface area contributed by atoms with Crippen molar-refractivity contribution in [2.75, 3.05) is 18.0 Å². The highest BCUT2D eigenvalue weighted by molar-refractivity contribution is 6.80. The van der Waals surface area contributed by atoms with Crippen LogP contribution in [0.2, 0.25) is 0 Å². The van der Waals surface area contributed by atoms with Gasteiger partial charge in [0.25, 0.3) is 0 Å². The normalized spacial score (nSPS) is 11.1. The highest BCUT2D eigenvalue weighted by Crippen LogP contribution is 2.28. The Kier molecular flexibility index (Phi) is 7.61. The van der Waals surface area contributed by atoms with Gasteiger partial charge in [-0.1, -0.05) is 78.9 Å². The maximum Gasteiger partial charge on any atom is 0.426 e. The van der Waals surface area contributed by atoms with E-state index in [0.29, 0.717) is 0 Å². The second-order valence-electron chi connectivity index (χ2n) is 8.82. The van der Waals surface area contributed by atoms with Gasteiger partial charge in [-0.2, -0.15) is 0 Å². The smallest absolute Gasteiger partial charge is 0.426 e. The summed E-state index contributed by atoms with van der Waals surface area (Å²) in [5.41, 5.74) is 5.96. The standard InChI is InChI=1S/C32H30BN3O/c1-3-36(4-2)29-21-20-26(24-35-30-19-11-13-25-14-12-22-34-32(25)30)31(23-29)37-33(27-15-7-5-8-16-27)28-17-9-6-10-18-28/h5-24H,3-4H2,1-2H3. The number of rotatable bonds is 9. The first-order valence-corrected chi connectivity index (χ1v) is 12.8. The number of pyridine rings is 1. The molecule has 0 saturated carbocycles. The molecule has 5 rings (SSSR count). The van der Waals surface area contributed by atoms with Crippen molar-refractivity contribution in [3.05, 3.63) is 121 Å². The molecule has 0 N–H and O–H groups in total. The van der Waals surface area contributed by atoms with E-state index >= 15 is 0 Å². The topological polar surface area (TPSA) is 37.7 Å². The summed E-state index contributed by atoms with van der Waals surface area (Å²) in [6.07, 6.45) is 3.69. The molecular weight excluding hydrogens is 453 g/mol. The molecule has 0 aliphatic heterocycles. The van der Waals surface area contributed by atoms with Crippen molar-refractivity contribution < 1.29 is 4.65 Å². The highest BCUT2D eigenvalue weighted by atomic mass is 16.4. The predicted octanol–water partition coefficient (Wildman–Crippen LogP) is 6.02. The molecule has 1 aromatic heterocycles. The lowest BCUT2D eigenvalue weighted by molar-refractivity contribution is 0.590. The molecule has 37 heavy (non-hydrogen) atoms. The number of aliphatic imine (C=N–C) groups is 1. The van der Waals surface area contributed by atoms with E-state index in [1.54, 1.807) is 6.20 Å². The molecule has 0 fully saturated rings. The number of nitrogens with zero attached hydrogens (tertiary/aromatic N) is 3. The first-order chi connectivity index (χ1) is 18.3. The van der Waals surface area contributed by atoms with Gasteiger partial charge in [-0.25, -0.2) is 0 Å². The van der Waals surface area contributed by atoms with Gasteiger partial charge in [-0.3, -0.25) is 9.98 Å². The van der Waals surface area contributed by atoms with E-state index in [2.05, 4.69) is 103 Å². The summed E-state index contributed by atoms with van der Waals surface area (Å²) >= 11 is 0. The molecule has 0 aliphatic carbocycles. The van der Waals surface area contributed by atoms with Crippen LogP contribution in [-0.4, -0.2) is 31.2 Å². The van der Waals surface area contributed by atoms with Crippen LogP contribution in [0.25, 0.3) is 10.9 Å². The van der Waals surface area contributed by atoms with Crippen molar-refractivity contribution in [1.29, 1.82) is 0 Å². The van der Waals surface area contributed by atoms with Gasteiger partial charge in [0.15, 0.2) is 0 Å². The second-order valence-corrected chi connectivity index (χ2v) is 8.82. The van der Waals surface area contributed by atoms with Crippen molar-refractivity contribution in [3.8, 4) is 5.75 Å². The zero-order valence-corrected chi connectivity index (χ0v) is 21.3. The Morgan fingerprint density at radius 1 is 0.784 bits per heavy atom. The van der Waals surface area contributed by atoms with Gasteiger partial charge < -0.3 is 9.55 Å². The Balaban J connectivity index is 1.58. The maximum absolute atomic E-state index is 6.84. The summed E-state index contributed by atoms with van der Waals surface area (Å²) in [5.74, 6) is 0.791. The number of hydrogen-bond acceptors (Lipinski definition) is 4. The molecule has 0 bridgehead atoms. The van der Waals surface area contributed by atoms with Crippen LogP contribution in [0.5, 0.6) is 5.75 Å². The first-order valence-electron chi connectivity index (χ1n) is 12.8. The quantitative estimate of drug-likeness (QED) is 0.190. The lowest BCUT2D eigenvalue weighted by Crippen LogP contribution is -2.47. The van der Waals surface area contributed by atoms with Gasteiger partial charge >= 0.3 is 6.92 Å². The molecule has 4 nitrogen and oxygen atoms in total. The minimum Gasteiger partial charge on any atom is -0.551 e. The minimum absolute atomic E-state index is 0.249. The van der Waals surface area contributed by atoms with Crippen LogP contribution in [-0.2, 0) is 0 Å². The summed E-state index contributed by atoms with van der Waals surface area (Å²) < 4.78 is 6.84. The largest absolute Gasteiger partial charge is 0.551 e. The van der Waals surface area contributed by atoms with Crippen LogP contribution in [0.3, 0.4) is 0 Å². The Hall–Kier alpha value is -4.38. The molecule has 0 amide bonds. The average molecular weight is 483 g/mol. The Morgan fingerprint density at radius 2 is 1.46 bits per heavy atom. The molecule has 0 atom stereocenters. The van der Waals surface area contributed by atoms with E-state index in [1.807, 2.05) is 36.5 Å². The maximum atomic E-state index is 6.84. The van der Waals surface area contributed by atoms with Gasteiger partial charge in [0.2, 0.25) is 0 Å². The summed E-state index contributed by atoms with van der Waals surface area (Å²) in [5, 5.41) is 1.07. The zero-order chi connectivity index (χ0) is 25.5. The SMILES string of the molecule is CCN(CC)c1ccc(C=Nc2cccc3cccnc23)c(OB(c2ccccc2)c2ccccc2)c1. The molecule has 0 spiro atoms. The summed E-state index contributed by atoms with van der Waals surface area (Å²) in [6.45, 7) is 5.94. The van der Waals surface area contributed by atoms with E-state index in [9.17, 15) is 0 Å². The van der Waals surface area contributed by atoms with Crippen molar-refractivity contribution in [1.82, 2.24) is 4.98 Å². The number of aromatic nitrogens is 1. The zero-order valence-electron chi connectivity index (χ0n) is 21.3. The van der Waals surface area contributed by atoms with Crippen LogP contribution >= 0.6 is 0 Å². The van der Waals surface area contributed by atoms with Crippen LogP contribution < -0.4 is 20.5 Å². The van der Waals surface area contributed by atoms with Crippen LogP contribution in [0.1, 0.15) is 19.4 Å². The second kappa shape index (κ2) is 11.6. The number of fused-ring (bicyclic) bond motifs is 1. The summed E-state index contributed by atoms with van der Waals surface area (Å²) in [4.78, 5) is 11.7. The highest BCUT2D eigenvalue weighted by Gasteiger charge is 2.24.